The Bertz CT molecular complexity index is 819. The van der Waals surface area contributed by atoms with E-state index in [1.807, 2.05) is 6.92 Å². The van der Waals surface area contributed by atoms with Crippen LogP contribution < -0.4 is 5.32 Å². The fourth-order valence-electron chi connectivity index (χ4n) is 2.02. The van der Waals surface area contributed by atoms with Crippen LogP contribution in [0.4, 0.5) is 10.2 Å². The van der Waals surface area contributed by atoms with Crippen LogP contribution in [0.2, 0.25) is 8.67 Å². The van der Waals surface area contributed by atoms with Crippen LogP contribution in [-0.4, -0.2) is 16.5 Å². The summed E-state index contributed by atoms with van der Waals surface area (Å²) in [4.78, 5) is 8.90. The third-order valence-electron chi connectivity index (χ3n) is 2.90. The van der Waals surface area contributed by atoms with Gasteiger partial charge >= 0.3 is 0 Å². The Hall–Kier alpha value is -1.43. The molecule has 0 aliphatic heterocycles. The lowest BCUT2D eigenvalue weighted by atomic mass is 10.2. The first-order chi connectivity index (χ1) is 10.1. The van der Waals surface area contributed by atoms with Gasteiger partial charge in [-0.05, 0) is 31.2 Å². The summed E-state index contributed by atoms with van der Waals surface area (Å²) in [6.45, 7) is 2.61. The summed E-state index contributed by atoms with van der Waals surface area (Å²) in [5.41, 5.74) is 1.33. The molecule has 21 heavy (non-hydrogen) atoms. The smallest absolute Gasteiger partial charge is 0.164 e. The van der Waals surface area contributed by atoms with Crippen LogP contribution in [0.1, 0.15) is 6.92 Å². The lowest BCUT2D eigenvalue weighted by molar-refractivity contribution is 0.629. The first-order valence-corrected chi connectivity index (χ1v) is 7.82. The monoisotopic (exact) mass is 341 g/mol. The van der Waals surface area contributed by atoms with Crippen molar-refractivity contribution in [3.05, 3.63) is 38.8 Å². The average Bonchev–Trinajstić information content (AvgIpc) is 2.78. The molecule has 0 amide bonds. The maximum atomic E-state index is 13.4. The molecule has 3 aromatic rings. The molecule has 0 fully saturated rings. The maximum absolute atomic E-state index is 13.4. The lowest BCUT2D eigenvalue weighted by Gasteiger charge is -2.09. The molecule has 0 aliphatic carbocycles. The van der Waals surface area contributed by atoms with Gasteiger partial charge in [-0.1, -0.05) is 23.2 Å². The highest BCUT2D eigenvalue weighted by molar-refractivity contribution is 7.20. The van der Waals surface area contributed by atoms with Gasteiger partial charge in [-0.25, -0.2) is 14.4 Å². The van der Waals surface area contributed by atoms with Crippen LogP contribution in [0.25, 0.3) is 22.3 Å². The van der Waals surface area contributed by atoms with E-state index < -0.39 is 0 Å². The number of fused-ring (bicyclic) bond motifs is 1. The molecule has 0 saturated carbocycles. The predicted octanol–water partition coefficient (Wildman–Crippen LogP) is 5.24. The van der Waals surface area contributed by atoms with Crippen molar-refractivity contribution in [1.29, 1.82) is 0 Å². The number of halogens is 3. The second-order valence-electron chi connectivity index (χ2n) is 4.33. The molecule has 0 atom stereocenters. The van der Waals surface area contributed by atoms with Gasteiger partial charge in [0.1, 0.15) is 16.0 Å². The Morgan fingerprint density at radius 2 is 2.05 bits per heavy atom. The van der Waals surface area contributed by atoms with Crippen LogP contribution in [0, 0.1) is 5.82 Å². The summed E-state index contributed by atoms with van der Waals surface area (Å²) in [5.74, 6) is 0.725. The number of nitrogens with one attached hydrogen (secondary N) is 1. The van der Waals surface area contributed by atoms with E-state index in [2.05, 4.69) is 15.3 Å². The molecule has 0 spiro atoms. The van der Waals surface area contributed by atoms with Crippen LogP contribution >= 0.6 is 34.5 Å². The minimum Gasteiger partial charge on any atom is -0.370 e. The fourth-order valence-corrected chi connectivity index (χ4v) is 3.47. The Kier molecular flexibility index (Phi) is 3.97. The van der Waals surface area contributed by atoms with Gasteiger partial charge < -0.3 is 5.32 Å². The van der Waals surface area contributed by atoms with Gasteiger partial charge in [0.15, 0.2) is 5.82 Å². The number of anilines is 1. The third-order valence-corrected chi connectivity index (χ3v) is 4.39. The summed E-state index contributed by atoms with van der Waals surface area (Å²) in [5, 5.41) is 3.76. The number of aromatic nitrogens is 2. The summed E-state index contributed by atoms with van der Waals surface area (Å²) in [6.07, 6.45) is 0. The average molecular weight is 342 g/mol. The van der Waals surface area contributed by atoms with Gasteiger partial charge in [0.05, 0.1) is 15.4 Å². The Balaban J connectivity index is 2.25. The quantitative estimate of drug-likeness (QED) is 0.708. The molecule has 0 radical (unpaired) electrons. The lowest BCUT2D eigenvalue weighted by Crippen LogP contribution is -2.03. The zero-order valence-corrected chi connectivity index (χ0v) is 13.3. The standard InChI is InChI=1S/C14H10Cl2FN3S/c1-2-18-13-8-5-7(17)3-4-10(8)19-14(20-13)9-6-11(15)21-12(9)16/h3-6H,2H2,1H3,(H,18,19,20). The second kappa shape index (κ2) is 5.75. The van der Waals surface area contributed by atoms with E-state index in [0.717, 1.165) is 0 Å². The zero-order chi connectivity index (χ0) is 15.0. The van der Waals surface area contributed by atoms with Crippen LogP contribution in [0.5, 0.6) is 0 Å². The number of hydrogen-bond donors (Lipinski definition) is 1. The summed E-state index contributed by atoms with van der Waals surface area (Å²) in [6, 6.07) is 6.14. The largest absolute Gasteiger partial charge is 0.370 e. The Morgan fingerprint density at radius 3 is 2.71 bits per heavy atom. The molecule has 3 rings (SSSR count). The SMILES string of the molecule is CCNc1nc(-c2cc(Cl)sc2Cl)nc2ccc(F)cc12. The Labute approximate surface area is 134 Å². The van der Waals surface area contributed by atoms with Crippen LogP contribution in [-0.2, 0) is 0 Å². The van der Waals surface area contributed by atoms with Crippen LogP contribution in [0.3, 0.4) is 0 Å². The molecule has 2 heterocycles. The zero-order valence-electron chi connectivity index (χ0n) is 11.0. The fraction of sp³-hybridized carbons (Fsp3) is 0.143. The topological polar surface area (TPSA) is 37.8 Å². The van der Waals surface area contributed by atoms with Crippen LogP contribution in [0.15, 0.2) is 24.3 Å². The summed E-state index contributed by atoms with van der Waals surface area (Å²) >= 11 is 13.4. The van der Waals surface area contributed by atoms with E-state index in [9.17, 15) is 4.39 Å². The van der Waals surface area contributed by atoms with Gasteiger partial charge in [0.2, 0.25) is 0 Å². The van der Waals surface area contributed by atoms with E-state index in [1.165, 1.54) is 23.5 Å². The van der Waals surface area contributed by atoms with Crippen molar-refractivity contribution in [2.45, 2.75) is 6.92 Å². The molecule has 1 aromatic carbocycles. The van der Waals surface area contributed by atoms with Crippen molar-refractivity contribution in [3.63, 3.8) is 0 Å². The minimum atomic E-state index is -0.324. The van der Waals surface area contributed by atoms with Gasteiger partial charge in [-0.3, -0.25) is 0 Å². The molecule has 3 nitrogen and oxygen atoms in total. The van der Waals surface area contributed by atoms with E-state index in [4.69, 9.17) is 23.2 Å². The number of thiophene rings is 1. The normalized spacial score (nSPS) is 11.0. The van der Waals surface area contributed by atoms with Gasteiger partial charge in [0.25, 0.3) is 0 Å². The highest BCUT2D eigenvalue weighted by Crippen LogP contribution is 2.37. The van der Waals surface area contributed by atoms with Crippen molar-refractivity contribution in [3.8, 4) is 11.4 Å². The van der Waals surface area contributed by atoms with E-state index in [1.54, 1.807) is 12.1 Å². The molecule has 0 bridgehead atoms. The van der Waals surface area contributed by atoms with Gasteiger partial charge in [-0.15, -0.1) is 11.3 Å². The van der Waals surface area contributed by atoms with Crippen molar-refractivity contribution >= 4 is 51.3 Å². The first-order valence-electron chi connectivity index (χ1n) is 6.25. The maximum Gasteiger partial charge on any atom is 0.164 e. The molecule has 0 aliphatic rings. The van der Waals surface area contributed by atoms with Gasteiger partial charge in [-0.2, -0.15) is 0 Å². The van der Waals surface area contributed by atoms with E-state index in [0.29, 0.717) is 43.3 Å². The number of benzene rings is 1. The van der Waals surface area contributed by atoms with E-state index >= 15 is 0 Å². The van der Waals surface area contributed by atoms with Crippen molar-refractivity contribution < 1.29 is 4.39 Å². The number of rotatable bonds is 3. The molecule has 2 aromatic heterocycles. The highest BCUT2D eigenvalue weighted by atomic mass is 35.5. The van der Waals surface area contributed by atoms with Crippen molar-refractivity contribution in [1.82, 2.24) is 9.97 Å². The molecular weight excluding hydrogens is 332 g/mol. The minimum absolute atomic E-state index is 0.324. The molecule has 1 N–H and O–H groups in total. The van der Waals surface area contributed by atoms with Crippen molar-refractivity contribution in [2.75, 3.05) is 11.9 Å². The number of hydrogen-bond acceptors (Lipinski definition) is 4. The van der Waals surface area contributed by atoms with Crippen molar-refractivity contribution in [2.24, 2.45) is 0 Å². The molecular formula is C14H10Cl2FN3S. The van der Waals surface area contributed by atoms with Gasteiger partial charge in [0, 0.05) is 11.9 Å². The third kappa shape index (κ3) is 2.81. The summed E-state index contributed by atoms with van der Waals surface area (Å²) in [7, 11) is 0. The second-order valence-corrected chi connectivity index (χ2v) is 6.61. The summed E-state index contributed by atoms with van der Waals surface area (Å²) < 4.78 is 14.5. The Morgan fingerprint density at radius 1 is 1.24 bits per heavy atom. The highest BCUT2D eigenvalue weighted by Gasteiger charge is 2.14. The van der Waals surface area contributed by atoms with E-state index in [-0.39, 0.29) is 5.82 Å². The first kappa shape index (κ1) is 14.5. The molecule has 108 valence electrons. The predicted molar refractivity (Wildman–Crippen MR) is 87.0 cm³/mol. The molecule has 0 unspecified atom stereocenters. The molecule has 0 saturated heterocycles. The molecule has 7 heteroatoms. The number of nitrogens with zero attached hydrogens (tertiary/aromatic N) is 2.